The molecule has 0 bridgehead atoms. The van der Waals surface area contributed by atoms with Crippen LogP contribution in [0.1, 0.15) is 12.8 Å². The van der Waals surface area contributed by atoms with Gasteiger partial charge in [0.05, 0.1) is 37.4 Å². The third-order valence-electron chi connectivity index (χ3n) is 2.26. The van der Waals surface area contributed by atoms with E-state index >= 15 is 0 Å². The minimum Gasteiger partial charge on any atom is -0.465 e. The van der Waals surface area contributed by atoms with Gasteiger partial charge in [-0.2, -0.15) is 13.7 Å². The van der Waals surface area contributed by atoms with E-state index in [-0.39, 0.29) is 19.4 Å². The van der Waals surface area contributed by atoms with Gasteiger partial charge in [0, 0.05) is 0 Å². The van der Waals surface area contributed by atoms with Crippen LogP contribution in [0.3, 0.4) is 0 Å². The van der Waals surface area contributed by atoms with Crippen molar-refractivity contribution in [2.24, 2.45) is 0 Å². The number of amides is 1. The number of hydrogen-bond acceptors (Lipinski definition) is 5. The van der Waals surface area contributed by atoms with Crippen LogP contribution in [0.2, 0.25) is 0 Å². The minimum absolute atomic E-state index is 0.0191. The Morgan fingerprint density at radius 1 is 1.69 bits per heavy atom. The summed E-state index contributed by atoms with van der Waals surface area (Å²) in [5, 5.41) is 17.4. The van der Waals surface area contributed by atoms with Gasteiger partial charge in [-0.1, -0.05) is 0 Å². The van der Waals surface area contributed by atoms with E-state index in [2.05, 4.69) is 0 Å². The molecule has 0 unspecified atom stereocenters. The van der Waals surface area contributed by atoms with Crippen LogP contribution in [0, 0.1) is 11.3 Å². The predicted octanol–water partition coefficient (Wildman–Crippen LogP) is -0.00282. The smallest absolute Gasteiger partial charge is 0.407 e. The highest BCUT2D eigenvalue weighted by atomic mass is 32.2. The Hall–Kier alpha value is -1.33. The number of carboxylic acid groups (broad SMARTS) is 1. The molecule has 8 heteroatoms. The van der Waals surface area contributed by atoms with Gasteiger partial charge in [0.1, 0.15) is 0 Å². The molecule has 1 aliphatic rings. The quantitative estimate of drug-likeness (QED) is 0.704. The highest BCUT2D eigenvalue weighted by Gasteiger charge is 2.37. The van der Waals surface area contributed by atoms with Crippen LogP contribution in [-0.2, 0) is 14.3 Å². The number of carbonyl (C=O) groups is 1. The molecule has 1 heterocycles. The number of hydrogen-bond donors (Lipinski definition) is 1. The van der Waals surface area contributed by atoms with Gasteiger partial charge in [0.15, 0.2) is 0 Å². The normalized spacial score (nSPS) is 25.4. The summed E-state index contributed by atoms with van der Waals surface area (Å²) >= 11 is 0. The molecule has 90 valence electrons. The highest BCUT2D eigenvalue weighted by molar-refractivity contribution is 7.86. The van der Waals surface area contributed by atoms with E-state index in [1.165, 1.54) is 0 Å². The molecule has 1 amide bonds. The Labute approximate surface area is 93.3 Å². The van der Waals surface area contributed by atoms with Gasteiger partial charge in [-0.25, -0.2) is 4.79 Å². The summed E-state index contributed by atoms with van der Waals surface area (Å²) in [6, 6.07) is 1.38. The predicted molar refractivity (Wildman–Crippen MR) is 53.1 cm³/mol. The Balaban J connectivity index is 2.69. The summed E-state index contributed by atoms with van der Waals surface area (Å²) in [7, 11) is -3.60. The fourth-order valence-corrected chi connectivity index (χ4v) is 2.36. The van der Waals surface area contributed by atoms with Gasteiger partial charge in [-0.15, -0.1) is 0 Å². The molecular formula is C8H12N2O5S. The maximum Gasteiger partial charge on any atom is 0.407 e. The van der Waals surface area contributed by atoms with E-state index in [0.717, 1.165) is 11.2 Å². The average molecular weight is 248 g/mol. The lowest BCUT2D eigenvalue weighted by atomic mass is 10.1. The first-order valence-electron chi connectivity index (χ1n) is 4.58. The zero-order valence-corrected chi connectivity index (χ0v) is 9.48. The van der Waals surface area contributed by atoms with Gasteiger partial charge in [0.2, 0.25) is 0 Å². The van der Waals surface area contributed by atoms with E-state index in [9.17, 15) is 13.2 Å². The maximum atomic E-state index is 10.9. The molecular weight excluding hydrogens is 236 g/mol. The highest BCUT2D eigenvalue weighted by Crippen LogP contribution is 2.23. The molecule has 2 atom stereocenters. The summed E-state index contributed by atoms with van der Waals surface area (Å²) in [6.07, 6.45) is -0.678. The minimum atomic E-state index is -3.60. The van der Waals surface area contributed by atoms with Crippen molar-refractivity contribution in [3.8, 4) is 6.07 Å². The van der Waals surface area contributed by atoms with Crippen molar-refractivity contribution in [3.05, 3.63) is 0 Å². The summed E-state index contributed by atoms with van der Waals surface area (Å²) in [6.45, 7) is -0.0191. The van der Waals surface area contributed by atoms with Crippen molar-refractivity contribution >= 4 is 16.2 Å². The molecule has 1 saturated heterocycles. The first-order valence-corrected chi connectivity index (χ1v) is 6.40. The monoisotopic (exact) mass is 248 g/mol. The average Bonchev–Trinajstić information content (AvgIpc) is 2.45. The van der Waals surface area contributed by atoms with E-state index in [1.54, 1.807) is 0 Å². The van der Waals surface area contributed by atoms with Crippen LogP contribution in [0.15, 0.2) is 0 Å². The lowest BCUT2D eigenvalue weighted by Crippen LogP contribution is -2.34. The Bertz CT molecular complexity index is 413. The molecule has 7 nitrogen and oxygen atoms in total. The molecule has 0 aromatic rings. The third-order valence-corrected chi connectivity index (χ3v) is 2.88. The molecule has 0 saturated carbocycles. The first kappa shape index (κ1) is 12.7. The molecule has 0 aromatic heterocycles. The number of nitrogens with zero attached hydrogens (tertiary/aromatic N) is 2. The molecule has 1 aliphatic heterocycles. The second-order valence-corrected chi connectivity index (χ2v) is 5.21. The van der Waals surface area contributed by atoms with Crippen molar-refractivity contribution in [2.45, 2.75) is 25.0 Å². The number of likely N-dealkylation sites (tertiary alicyclic amines) is 1. The van der Waals surface area contributed by atoms with Crippen LogP contribution >= 0.6 is 0 Å². The fraction of sp³-hybridized carbons (Fsp3) is 0.750. The number of nitriles is 1. The molecule has 0 spiro atoms. The second kappa shape index (κ2) is 4.67. The van der Waals surface area contributed by atoms with Gasteiger partial charge in [0.25, 0.3) is 10.1 Å². The van der Waals surface area contributed by atoms with Crippen LogP contribution in [-0.4, -0.2) is 49.5 Å². The molecule has 16 heavy (non-hydrogen) atoms. The van der Waals surface area contributed by atoms with Crippen molar-refractivity contribution in [3.63, 3.8) is 0 Å². The Morgan fingerprint density at radius 2 is 2.31 bits per heavy atom. The van der Waals surface area contributed by atoms with E-state index in [4.69, 9.17) is 14.6 Å². The molecule has 0 aromatic carbocycles. The topological polar surface area (TPSA) is 108 Å². The Morgan fingerprint density at radius 3 is 2.75 bits per heavy atom. The van der Waals surface area contributed by atoms with Crippen molar-refractivity contribution in [1.29, 1.82) is 5.26 Å². The molecule has 1 rings (SSSR count). The second-order valence-electron chi connectivity index (χ2n) is 3.61. The van der Waals surface area contributed by atoms with Gasteiger partial charge < -0.3 is 10.0 Å². The van der Waals surface area contributed by atoms with Crippen molar-refractivity contribution < 1.29 is 22.5 Å². The zero-order chi connectivity index (χ0) is 12.3. The van der Waals surface area contributed by atoms with Crippen LogP contribution in [0.25, 0.3) is 0 Å². The van der Waals surface area contributed by atoms with E-state index in [1.807, 2.05) is 6.07 Å². The van der Waals surface area contributed by atoms with Gasteiger partial charge in [-0.3, -0.25) is 4.18 Å². The fourth-order valence-electron chi connectivity index (χ4n) is 1.72. The Kier molecular flexibility index (Phi) is 3.72. The third kappa shape index (κ3) is 3.36. The number of rotatable bonds is 3. The lowest BCUT2D eigenvalue weighted by Gasteiger charge is -2.17. The lowest BCUT2D eigenvalue weighted by molar-refractivity contribution is 0.135. The van der Waals surface area contributed by atoms with E-state index in [0.29, 0.717) is 0 Å². The van der Waals surface area contributed by atoms with Crippen molar-refractivity contribution in [2.75, 3.05) is 12.8 Å². The van der Waals surface area contributed by atoms with Crippen LogP contribution in [0.4, 0.5) is 4.79 Å². The molecule has 0 radical (unpaired) electrons. The summed E-state index contributed by atoms with van der Waals surface area (Å²) in [4.78, 5) is 11.9. The molecule has 0 aliphatic carbocycles. The molecule has 1 fully saturated rings. The molecule has 1 N–H and O–H groups in total. The standard InChI is InChI=1S/C8H12N2O5S/c1-16(13,14)15-7-4-6(2-3-9)10(5-7)8(11)12/h6-7H,2,4-5H2,1H3,(H,11,12)/t6-,7-/m0/s1. The summed E-state index contributed by atoms with van der Waals surface area (Å²) in [5.41, 5.74) is 0. The zero-order valence-electron chi connectivity index (χ0n) is 8.66. The van der Waals surface area contributed by atoms with E-state index < -0.39 is 28.4 Å². The largest absolute Gasteiger partial charge is 0.465 e. The SMILES string of the molecule is CS(=O)(=O)O[C@H]1C[C@H](CC#N)N(C(=O)O)C1. The van der Waals surface area contributed by atoms with Gasteiger partial charge in [-0.05, 0) is 6.42 Å². The summed E-state index contributed by atoms with van der Waals surface area (Å²) in [5.74, 6) is 0. The van der Waals surface area contributed by atoms with Crippen molar-refractivity contribution in [1.82, 2.24) is 4.90 Å². The van der Waals surface area contributed by atoms with Gasteiger partial charge >= 0.3 is 6.09 Å². The van der Waals surface area contributed by atoms with Crippen LogP contribution in [0.5, 0.6) is 0 Å². The van der Waals surface area contributed by atoms with Crippen LogP contribution < -0.4 is 0 Å². The first-order chi connectivity index (χ1) is 7.33. The maximum absolute atomic E-state index is 10.9. The summed E-state index contributed by atoms with van der Waals surface area (Å²) < 4.78 is 26.5.